The predicted octanol–water partition coefficient (Wildman–Crippen LogP) is 2.76. The molecule has 8 heteroatoms. The monoisotopic (exact) mass is 274 g/mol. The van der Waals surface area contributed by atoms with Crippen molar-refractivity contribution < 1.29 is 13.2 Å². The molecule has 0 saturated carbocycles. The van der Waals surface area contributed by atoms with Crippen LogP contribution in [0.3, 0.4) is 0 Å². The maximum Gasteiger partial charge on any atom is 0.443 e. The van der Waals surface area contributed by atoms with Gasteiger partial charge >= 0.3 is 6.18 Å². The molecule has 0 aliphatic heterocycles. The standard InChI is InChI=1S/C10H9F3N4S/c1-2-8-16-5(3-7(14)17-8)6-4-15-9(18-6)10(11,12)13/h3-4H,2H2,1H3,(H2,14,16,17). The molecule has 2 aromatic rings. The van der Waals surface area contributed by atoms with E-state index in [9.17, 15) is 13.2 Å². The highest BCUT2D eigenvalue weighted by atomic mass is 32.1. The summed E-state index contributed by atoms with van der Waals surface area (Å²) in [7, 11) is 0. The van der Waals surface area contributed by atoms with Gasteiger partial charge in [0, 0.05) is 18.7 Å². The number of nitrogens with two attached hydrogens (primary N) is 1. The molecule has 2 aromatic heterocycles. The summed E-state index contributed by atoms with van der Waals surface area (Å²) in [6, 6.07) is 1.44. The molecule has 0 radical (unpaired) electrons. The van der Waals surface area contributed by atoms with Crippen LogP contribution in [0.4, 0.5) is 19.0 Å². The van der Waals surface area contributed by atoms with E-state index >= 15 is 0 Å². The van der Waals surface area contributed by atoms with Crippen molar-refractivity contribution in [1.29, 1.82) is 0 Å². The van der Waals surface area contributed by atoms with Gasteiger partial charge in [-0.25, -0.2) is 15.0 Å². The molecule has 96 valence electrons. The number of hydrogen-bond acceptors (Lipinski definition) is 5. The van der Waals surface area contributed by atoms with E-state index in [2.05, 4.69) is 15.0 Å². The highest BCUT2D eigenvalue weighted by Gasteiger charge is 2.34. The van der Waals surface area contributed by atoms with Gasteiger partial charge in [-0.15, -0.1) is 11.3 Å². The van der Waals surface area contributed by atoms with Crippen LogP contribution in [0.25, 0.3) is 10.6 Å². The van der Waals surface area contributed by atoms with Crippen LogP contribution in [0.5, 0.6) is 0 Å². The average molecular weight is 274 g/mol. The first-order chi connectivity index (χ1) is 8.40. The number of hydrogen-bond donors (Lipinski definition) is 1. The van der Waals surface area contributed by atoms with E-state index in [0.717, 1.165) is 6.20 Å². The van der Waals surface area contributed by atoms with Crippen molar-refractivity contribution in [3.63, 3.8) is 0 Å². The first-order valence-electron chi connectivity index (χ1n) is 5.07. The van der Waals surface area contributed by atoms with Crippen molar-refractivity contribution in [1.82, 2.24) is 15.0 Å². The minimum Gasteiger partial charge on any atom is -0.384 e. The zero-order valence-electron chi connectivity index (χ0n) is 9.32. The van der Waals surface area contributed by atoms with Crippen LogP contribution in [0.15, 0.2) is 12.3 Å². The fraction of sp³-hybridized carbons (Fsp3) is 0.300. The van der Waals surface area contributed by atoms with Gasteiger partial charge in [0.1, 0.15) is 11.6 Å². The first kappa shape index (κ1) is 12.7. The summed E-state index contributed by atoms with van der Waals surface area (Å²) in [5.41, 5.74) is 5.94. The Labute approximate surface area is 105 Å². The van der Waals surface area contributed by atoms with Crippen LogP contribution in [-0.2, 0) is 12.6 Å². The number of halogens is 3. The van der Waals surface area contributed by atoms with E-state index in [-0.39, 0.29) is 5.82 Å². The number of aryl methyl sites for hydroxylation is 1. The van der Waals surface area contributed by atoms with Gasteiger partial charge in [0.25, 0.3) is 0 Å². The summed E-state index contributed by atoms with van der Waals surface area (Å²) in [4.78, 5) is 11.8. The van der Waals surface area contributed by atoms with Crippen molar-refractivity contribution in [2.45, 2.75) is 19.5 Å². The molecule has 2 heterocycles. The Morgan fingerprint density at radius 3 is 2.61 bits per heavy atom. The molecule has 4 nitrogen and oxygen atoms in total. The molecule has 18 heavy (non-hydrogen) atoms. The maximum atomic E-state index is 12.4. The van der Waals surface area contributed by atoms with E-state index in [1.165, 1.54) is 6.07 Å². The average Bonchev–Trinajstić information content (AvgIpc) is 2.77. The molecule has 0 saturated heterocycles. The van der Waals surface area contributed by atoms with E-state index in [4.69, 9.17) is 5.73 Å². The van der Waals surface area contributed by atoms with Gasteiger partial charge in [-0.3, -0.25) is 0 Å². The smallest absolute Gasteiger partial charge is 0.384 e. The second-order valence-electron chi connectivity index (χ2n) is 3.48. The Morgan fingerprint density at radius 2 is 2.06 bits per heavy atom. The Morgan fingerprint density at radius 1 is 1.33 bits per heavy atom. The number of rotatable bonds is 2. The van der Waals surface area contributed by atoms with Crippen LogP contribution in [0, 0.1) is 0 Å². The summed E-state index contributed by atoms with van der Waals surface area (Å²) in [5.74, 6) is 0.728. The lowest BCUT2D eigenvalue weighted by molar-refractivity contribution is -0.137. The zero-order valence-corrected chi connectivity index (χ0v) is 10.1. The van der Waals surface area contributed by atoms with Crippen LogP contribution in [-0.4, -0.2) is 15.0 Å². The SMILES string of the molecule is CCc1nc(N)cc(-c2cnc(C(F)(F)F)s2)n1. The third-order valence-corrected chi connectivity index (χ3v) is 3.17. The number of nitrogen functional groups attached to an aromatic ring is 1. The summed E-state index contributed by atoms with van der Waals surface area (Å²) >= 11 is 0.539. The lowest BCUT2D eigenvalue weighted by atomic mass is 10.3. The van der Waals surface area contributed by atoms with Crippen LogP contribution < -0.4 is 5.73 Å². The van der Waals surface area contributed by atoms with Crippen molar-refractivity contribution in [3.05, 3.63) is 23.1 Å². The highest BCUT2D eigenvalue weighted by molar-refractivity contribution is 7.15. The molecule has 0 aliphatic rings. The molecule has 2 rings (SSSR count). The molecular weight excluding hydrogens is 265 g/mol. The lowest BCUT2D eigenvalue weighted by Gasteiger charge is -2.02. The Bertz CT molecular complexity index is 564. The van der Waals surface area contributed by atoms with Gasteiger partial charge in [0.05, 0.1) is 10.6 Å². The van der Waals surface area contributed by atoms with Crippen molar-refractivity contribution in [2.75, 3.05) is 5.73 Å². The first-order valence-corrected chi connectivity index (χ1v) is 5.88. The number of aromatic nitrogens is 3. The number of nitrogens with zero attached hydrogens (tertiary/aromatic N) is 3. The fourth-order valence-electron chi connectivity index (χ4n) is 1.33. The largest absolute Gasteiger partial charge is 0.443 e. The number of alkyl halides is 3. The Kier molecular flexibility index (Phi) is 3.20. The van der Waals surface area contributed by atoms with Crippen LogP contribution >= 0.6 is 11.3 Å². The second kappa shape index (κ2) is 4.52. The van der Waals surface area contributed by atoms with Gasteiger partial charge in [-0.2, -0.15) is 13.2 Å². The van der Waals surface area contributed by atoms with Gasteiger partial charge in [-0.05, 0) is 0 Å². The Balaban J connectivity index is 2.43. The summed E-state index contributed by atoms with van der Waals surface area (Å²) in [5, 5.41) is -0.896. The third kappa shape index (κ3) is 2.58. The highest BCUT2D eigenvalue weighted by Crippen LogP contribution is 2.35. The second-order valence-corrected chi connectivity index (χ2v) is 4.51. The van der Waals surface area contributed by atoms with Crippen molar-refractivity contribution >= 4 is 17.2 Å². The normalized spacial score (nSPS) is 11.8. The molecule has 2 N–H and O–H groups in total. The Hall–Kier alpha value is -1.70. The van der Waals surface area contributed by atoms with E-state index in [1.807, 2.05) is 6.92 Å². The molecule has 0 fully saturated rings. The molecule has 0 bridgehead atoms. The fourth-order valence-corrected chi connectivity index (χ4v) is 2.07. The molecule has 0 spiro atoms. The maximum absolute atomic E-state index is 12.4. The topological polar surface area (TPSA) is 64.7 Å². The van der Waals surface area contributed by atoms with Crippen molar-refractivity contribution in [2.24, 2.45) is 0 Å². The molecule has 0 aromatic carbocycles. The zero-order chi connectivity index (χ0) is 13.3. The minimum absolute atomic E-state index is 0.235. The van der Waals surface area contributed by atoms with Gasteiger partial charge in [0.2, 0.25) is 0 Å². The van der Waals surface area contributed by atoms with Crippen LogP contribution in [0.2, 0.25) is 0 Å². The quantitative estimate of drug-likeness (QED) is 0.914. The summed E-state index contributed by atoms with van der Waals surface area (Å²) in [6.45, 7) is 1.84. The molecule has 0 atom stereocenters. The van der Waals surface area contributed by atoms with Gasteiger partial charge < -0.3 is 5.73 Å². The number of anilines is 1. The molecule has 0 amide bonds. The number of thiazole rings is 1. The molecule has 0 unspecified atom stereocenters. The predicted molar refractivity (Wildman–Crippen MR) is 61.9 cm³/mol. The third-order valence-electron chi connectivity index (χ3n) is 2.11. The molecular formula is C10H9F3N4S. The summed E-state index contributed by atoms with van der Waals surface area (Å²) in [6.07, 6.45) is -2.73. The van der Waals surface area contributed by atoms with Gasteiger partial charge in [0.15, 0.2) is 5.01 Å². The van der Waals surface area contributed by atoms with E-state index < -0.39 is 11.2 Å². The van der Waals surface area contributed by atoms with E-state index in [1.54, 1.807) is 0 Å². The lowest BCUT2D eigenvalue weighted by Crippen LogP contribution is -2.02. The van der Waals surface area contributed by atoms with Gasteiger partial charge in [-0.1, -0.05) is 6.92 Å². The minimum atomic E-state index is -4.44. The van der Waals surface area contributed by atoms with Crippen molar-refractivity contribution in [3.8, 4) is 10.6 Å². The van der Waals surface area contributed by atoms with Crippen LogP contribution in [0.1, 0.15) is 17.8 Å². The molecule has 0 aliphatic carbocycles. The summed E-state index contributed by atoms with van der Waals surface area (Å²) < 4.78 is 37.3. The van der Waals surface area contributed by atoms with E-state index in [0.29, 0.717) is 34.2 Å².